The Morgan fingerprint density at radius 1 is 1.14 bits per heavy atom. The summed E-state index contributed by atoms with van der Waals surface area (Å²) in [4.78, 5) is 12.4. The molecule has 21 heavy (non-hydrogen) atoms. The van der Waals surface area contributed by atoms with Gasteiger partial charge in [0.25, 0.3) is 5.91 Å². The Morgan fingerprint density at radius 3 is 2.62 bits per heavy atom. The highest BCUT2D eigenvalue weighted by atomic mass is 16.3. The number of anilines is 2. The number of amides is 1. The number of hydrogen-bond acceptors (Lipinski definition) is 3. The van der Waals surface area contributed by atoms with Crippen molar-refractivity contribution in [2.75, 3.05) is 10.6 Å². The summed E-state index contributed by atoms with van der Waals surface area (Å²) in [5, 5.41) is 15.3. The van der Waals surface area contributed by atoms with Gasteiger partial charge in [-0.3, -0.25) is 4.79 Å². The minimum Gasteiger partial charge on any atom is -0.392 e. The summed E-state index contributed by atoms with van der Waals surface area (Å²) in [7, 11) is 0. The monoisotopic (exact) mass is 284 g/mol. The molecule has 2 aromatic carbocycles. The van der Waals surface area contributed by atoms with Crippen molar-refractivity contribution in [1.82, 2.24) is 0 Å². The predicted molar refractivity (Wildman–Crippen MR) is 85.5 cm³/mol. The zero-order valence-electron chi connectivity index (χ0n) is 12.3. The molecule has 0 atom stereocenters. The van der Waals surface area contributed by atoms with E-state index in [1.807, 2.05) is 38.1 Å². The van der Waals surface area contributed by atoms with Crippen LogP contribution in [0, 0.1) is 0 Å². The van der Waals surface area contributed by atoms with E-state index in [1.54, 1.807) is 24.3 Å². The number of aliphatic hydroxyl groups is 1. The topological polar surface area (TPSA) is 61.4 Å². The van der Waals surface area contributed by atoms with Gasteiger partial charge in [0.05, 0.1) is 12.2 Å². The first kappa shape index (κ1) is 15.1. The summed E-state index contributed by atoms with van der Waals surface area (Å²) >= 11 is 0. The molecule has 4 heteroatoms. The van der Waals surface area contributed by atoms with Crippen LogP contribution in [-0.4, -0.2) is 17.1 Å². The first-order valence-corrected chi connectivity index (χ1v) is 6.97. The average molecular weight is 284 g/mol. The van der Waals surface area contributed by atoms with Crippen LogP contribution in [0.3, 0.4) is 0 Å². The smallest absolute Gasteiger partial charge is 0.257 e. The van der Waals surface area contributed by atoms with E-state index in [-0.39, 0.29) is 18.6 Å². The van der Waals surface area contributed by atoms with Crippen LogP contribution in [0.25, 0.3) is 0 Å². The van der Waals surface area contributed by atoms with Crippen LogP contribution in [0.5, 0.6) is 0 Å². The van der Waals surface area contributed by atoms with Crippen LogP contribution in [-0.2, 0) is 6.61 Å². The standard InChI is InChI=1S/C17H20N2O2/c1-12(2)18-16-9-4-3-8-15(16)17(21)19-14-7-5-6-13(10-14)11-20/h3-10,12,18,20H,11H2,1-2H3,(H,19,21). The number of carbonyl (C=O) groups excluding carboxylic acids is 1. The molecule has 0 saturated heterocycles. The maximum absolute atomic E-state index is 12.4. The third-order valence-corrected chi connectivity index (χ3v) is 2.98. The fourth-order valence-corrected chi connectivity index (χ4v) is 2.06. The lowest BCUT2D eigenvalue weighted by Gasteiger charge is -2.14. The molecule has 0 aliphatic rings. The summed E-state index contributed by atoms with van der Waals surface area (Å²) in [5.74, 6) is -0.172. The molecule has 0 aromatic heterocycles. The van der Waals surface area contributed by atoms with Gasteiger partial charge >= 0.3 is 0 Å². The summed E-state index contributed by atoms with van der Waals surface area (Å²) in [6, 6.07) is 14.8. The molecule has 0 heterocycles. The van der Waals surface area contributed by atoms with Crippen LogP contribution in [0.2, 0.25) is 0 Å². The Hall–Kier alpha value is -2.33. The molecular weight excluding hydrogens is 264 g/mol. The number of carbonyl (C=O) groups is 1. The lowest BCUT2D eigenvalue weighted by molar-refractivity contribution is 0.102. The van der Waals surface area contributed by atoms with Crippen molar-refractivity contribution in [3.05, 3.63) is 59.7 Å². The Bertz CT molecular complexity index is 624. The molecule has 0 spiro atoms. The van der Waals surface area contributed by atoms with Crippen molar-refractivity contribution in [2.45, 2.75) is 26.5 Å². The van der Waals surface area contributed by atoms with Crippen LogP contribution in [0.15, 0.2) is 48.5 Å². The Labute approximate surface area is 124 Å². The molecule has 0 aliphatic heterocycles. The van der Waals surface area contributed by atoms with Gasteiger partial charge in [-0.1, -0.05) is 24.3 Å². The van der Waals surface area contributed by atoms with Gasteiger partial charge in [-0.15, -0.1) is 0 Å². The molecule has 0 radical (unpaired) electrons. The van der Waals surface area contributed by atoms with Gasteiger partial charge < -0.3 is 15.7 Å². The van der Waals surface area contributed by atoms with Crippen LogP contribution in [0.1, 0.15) is 29.8 Å². The molecule has 0 bridgehead atoms. The van der Waals surface area contributed by atoms with Crippen molar-refractivity contribution in [3.63, 3.8) is 0 Å². The molecular formula is C17H20N2O2. The number of para-hydroxylation sites is 1. The van der Waals surface area contributed by atoms with Crippen LogP contribution < -0.4 is 10.6 Å². The highest BCUT2D eigenvalue weighted by Gasteiger charge is 2.11. The SMILES string of the molecule is CC(C)Nc1ccccc1C(=O)Nc1cccc(CO)c1. The minimum atomic E-state index is -0.172. The Kier molecular flexibility index (Phi) is 4.95. The maximum atomic E-state index is 12.4. The van der Waals surface area contributed by atoms with E-state index in [0.29, 0.717) is 11.3 Å². The largest absolute Gasteiger partial charge is 0.392 e. The van der Waals surface area contributed by atoms with E-state index in [1.165, 1.54) is 0 Å². The quantitative estimate of drug-likeness (QED) is 0.790. The number of hydrogen-bond donors (Lipinski definition) is 3. The lowest BCUT2D eigenvalue weighted by atomic mass is 10.1. The molecule has 110 valence electrons. The van der Waals surface area contributed by atoms with Gasteiger partial charge in [-0.25, -0.2) is 0 Å². The van der Waals surface area contributed by atoms with E-state index < -0.39 is 0 Å². The van der Waals surface area contributed by atoms with Crippen molar-refractivity contribution < 1.29 is 9.90 Å². The summed E-state index contributed by atoms with van der Waals surface area (Å²) in [5.41, 5.74) is 2.84. The first-order valence-electron chi connectivity index (χ1n) is 6.97. The molecule has 1 amide bonds. The van der Waals surface area contributed by atoms with Gasteiger partial charge in [0, 0.05) is 17.4 Å². The second-order valence-electron chi connectivity index (χ2n) is 5.16. The average Bonchev–Trinajstić information content (AvgIpc) is 2.47. The zero-order valence-corrected chi connectivity index (χ0v) is 12.3. The molecule has 2 aromatic rings. The van der Waals surface area contributed by atoms with Gasteiger partial charge in [0.1, 0.15) is 0 Å². The van der Waals surface area contributed by atoms with Crippen molar-refractivity contribution in [3.8, 4) is 0 Å². The second kappa shape index (κ2) is 6.90. The number of nitrogens with one attached hydrogen (secondary N) is 2. The van der Waals surface area contributed by atoms with Crippen LogP contribution >= 0.6 is 0 Å². The zero-order chi connectivity index (χ0) is 15.2. The summed E-state index contributed by atoms with van der Waals surface area (Å²) in [6.07, 6.45) is 0. The fourth-order valence-electron chi connectivity index (χ4n) is 2.06. The normalized spacial score (nSPS) is 10.5. The third kappa shape index (κ3) is 4.07. The second-order valence-corrected chi connectivity index (χ2v) is 5.16. The number of rotatable bonds is 5. The minimum absolute atomic E-state index is 0.0464. The number of aliphatic hydroxyl groups excluding tert-OH is 1. The third-order valence-electron chi connectivity index (χ3n) is 2.98. The highest BCUT2D eigenvalue weighted by molar-refractivity contribution is 6.08. The van der Waals surface area contributed by atoms with Crippen LogP contribution in [0.4, 0.5) is 11.4 Å². The first-order chi connectivity index (χ1) is 10.1. The fraction of sp³-hybridized carbons (Fsp3) is 0.235. The van der Waals surface area contributed by atoms with Crippen molar-refractivity contribution in [2.24, 2.45) is 0 Å². The van der Waals surface area contributed by atoms with E-state index in [2.05, 4.69) is 10.6 Å². The Morgan fingerprint density at radius 2 is 1.90 bits per heavy atom. The Balaban J connectivity index is 2.20. The number of benzene rings is 2. The maximum Gasteiger partial charge on any atom is 0.257 e. The summed E-state index contributed by atoms with van der Waals surface area (Å²) in [6.45, 7) is 4.01. The van der Waals surface area contributed by atoms with Crippen molar-refractivity contribution in [1.29, 1.82) is 0 Å². The lowest BCUT2D eigenvalue weighted by Crippen LogP contribution is -2.17. The van der Waals surface area contributed by atoms with Gasteiger partial charge in [-0.05, 0) is 43.7 Å². The van der Waals surface area contributed by atoms with Crippen molar-refractivity contribution >= 4 is 17.3 Å². The molecule has 3 N–H and O–H groups in total. The summed E-state index contributed by atoms with van der Waals surface area (Å²) < 4.78 is 0. The molecule has 0 unspecified atom stereocenters. The molecule has 0 aliphatic carbocycles. The van der Waals surface area contributed by atoms with E-state index in [4.69, 9.17) is 5.11 Å². The van der Waals surface area contributed by atoms with E-state index in [0.717, 1.165) is 11.3 Å². The van der Waals surface area contributed by atoms with E-state index >= 15 is 0 Å². The van der Waals surface area contributed by atoms with E-state index in [9.17, 15) is 4.79 Å². The molecule has 0 fully saturated rings. The highest BCUT2D eigenvalue weighted by Crippen LogP contribution is 2.19. The van der Waals surface area contributed by atoms with Gasteiger partial charge in [0.2, 0.25) is 0 Å². The molecule has 0 saturated carbocycles. The van der Waals surface area contributed by atoms with Gasteiger partial charge in [-0.2, -0.15) is 0 Å². The van der Waals surface area contributed by atoms with Gasteiger partial charge in [0.15, 0.2) is 0 Å². The molecule has 2 rings (SSSR count). The molecule has 4 nitrogen and oxygen atoms in total. The predicted octanol–water partition coefficient (Wildman–Crippen LogP) is 3.25.